The molecule has 1 fully saturated rings. The molecule has 0 aromatic heterocycles. The Hall–Kier alpha value is -1.57. The van der Waals surface area contributed by atoms with Crippen LogP contribution in [0.1, 0.15) is 0 Å². The summed E-state index contributed by atoms with van der Waals surface area (Å²) in [6.45, 7) is -1.40. The predicted octanol–water partition coefficient (Wildman–Crippen LogP) is -3.35. The normalized spacial score (nSPS) is 46.5. The molecule has 0 saturated carbocycles. The van der Waals surface area contributed by atoms with Gasteiger partial charge in [-0.2, -0.15) is 0 Å². The number of hydrogen-bond acceptors (Lipinski definition) is 10. The van der Waals surface area contributed by atoms with Crippen LogP contribution in [0.2, 0.25) is 0 Å². The van der Waals surface area contributed by atoms with Gasteiger partial charge in [-0.1, -0.05) is 12.2 Å². The molecule has 2 heterocycles. The molecule has 9 atom stereocenters. The molecule has 0 radical (unpaired) electrons. The molecule has 11 nitrogen and oxygen atoms in total. The third-order valence-electron chi connectivity index (χ3n) is 5.15. The van der Waals surface area contributed by atoms with E-state index in [2.05, 4.69) is 0 Å². The van der Waals surface area contributed by atoms with Crippen molar-refractivity contribution in [1.29, 1.82) is 0 Å². The molecule has 11 heteroatoms. The number of carboxylic acids is 1. The number of fused-ring (bicyclic) bond motifs is 1. The fourth-order valence-electron chi connectivity index (χ4n) is 3.60. The van der Waals surface area contributed by atoms with Crippen LogP contribution in [0.15, 0.2) is 24.0 Å². The molecular weight excluding hydrogens is 368 g/mol. The summed E-state index contributed by atoms with van der Waals surface area (Å²) >= 11 is 0. The van der Waals surface area contributed by atoms with Gasteiger partial charge < -0.3 is 50.0 Å². The van der Waals surface area contributed by atoms with Crippen LogP contribution in [0.25, 0.3) is 0 Å². The number of aliphatic hydroxyl groups excluding tert-OH is 5. The SMILES string of the molecule is O=C(O)C1=CO[C@@H](O[C@H]2O[C@@H](CO)[C@H](O)[C@@H](O)[C@@H]2O)[C@H]2[C@@H]1C=C[C@]2(O)CO. The number of ether oxygens (including phenoxy) is 3. The van der Waals surface area contributed by atoms with Crippen molar-refractivity contribution in [2.75, 3.05) is 13.2 Å². The zero-order chi connectivity index (χ0) is 19.9. The standard InChI is InChI=1S/C16H22O11/c17-3-8-10(19)11(20)12(21)15(26-8)27-14-9-6(1-2-16(9,24)5-18)7(4-25-14)13(22)23/h1-2,4,6,8-12,14-15,17-21,24H,3,5H2,(H,22,23)/t6-,8+,9-,10+,11-,12+,14+,15-,16+/m1/s1. The number of allylic oxidation sites excluding steroid dienone is 1. The second-order valence-corrected chi connectivity index (χ2v) is 6.78. The van der Waals surface area contributed by atoms with E-state index in [4.69, 9.17) is 14.2 Å². The van der Waals surface area contributed by atoms with E-state index in [9.17, 15) is 40.5 Å². The minimum Gasteiger partial charge on any atom is -0.478 e. The molecular formula is C16H22O11. The molecule has 0 unspecified atom stereocenters. The Morgan fingerprint density at radius 2 is 1.85 bits per heavy atom. The first-order valence-corrected chi connectivity index (χ1v) is 8.31. The molecule has 3 rings (SSSR count). The Morgan fingerprint density at radius 3 is 2.44 bits per heavy atom. The molecule has 0 aromatic rings. The summed E-state index contributed by atoms with van der Waals surface area (Å²) in [7, 11) is 0. The smallest absolute Gasteiger partial charge is 0.335 e. The molecule has 1 aliphatic carbocycles. The Kier molecular flexibility index (Phi) is 5.57. The van der Waals surface area contributed by atoms with Crippen LogP contribution in [0.4, 0.5) is 0 Å². The van der Waals surface area contributed by atoms with Gasteiger partial charge in [-0.05, 0) is 0 Å². The highest BCUT2D eigenvalue weighted by Gasteiger charge is 2.55. The molecule has 3 aliphatic rings. The molecule has 27 heavy (non-hydrogen) atoms. The van der Waals surface area contributed by atoms with Gasteiger partial charge in [-0.15, -0.1) is 0 Å². The number of aliphatic carboxylic acids is 1. The summed E-state index contributed by atoms with van der Waals surface area (Å²) in [5.41, 5.74) is -2.01. The number of carboxylic acid groups (broad SMARTS) is 1. The van der Waals surface area contributed by atoms with Crippen molar-refractivity contribution in [3.05, 3.63) is 24.0 Å². The Labute approximate surface area is 153 Å². The van der Waals surface area contributed by atoms with Crippen LogP contribution in [0.5, 0.6) is 0 Å². The molecule has 152 valence electrons. The van der Waals surface area contributed by atoms with Crippen LogP contribution >= 0.6 is 0 Å². The molecule has 0 spiro atoms. The first kappa shape index (κ1) is 20.2. The van der Waals surface area contributed by atoms with Gasteiger partial charge in [0.1, 0.15) is 30.0 Å². The van der Waals surface area contributed by atoms with E-state index in [1.54, 1.807) is 0 Å². The molecule has 0 amide bonds. The maximum atomic E-state index is 11.4. The van der Waals surface area contributed by atoms with Gasteiger partial charge in [0.25, 0.3) is 0 Å². The van der Waals surface area contributed by atoms with Crippen LogP contribution < -0.4 is 0 Å². The number of carbonyl (C=O) groups is 1. The van der Waals surface area contributed by atoms with Gasteiger partial charge in [-0.25, -0.2) is 4.79 Å². The van der Waals surface area contributed by atoms with Gasteiger partial charge in [0.15, 0.2) is 6.29 Å². The van der Waals surface area contributed by atoms with E-state index in [1.807, 2.05) is 0 Å². The average molecular weight is 390 g/mol. The van der Waals surface area contributed by atoms with Crippen molar-refractivity contribution in [3.8, 4) is 0 Å². The maximum Gasteiger partial charge on any atom is 0.335 e. The van der Waals surface area contributed by atoms with Crippen LogP contribution in [-0.2, 0) is 19.0 Å². The summed E-state index contributed by atoms with van der Waals surface area (Å²) in [6.07, 6.45) is -5.48. The van der Waals surface area contributed by atoms with Crippen molar-refractivity contribution in [2.24, 2.45) is 11.8 Å². The van der Waals surface area contributed by atoms with Crippen molar-refractivity contribution < 1.29 is 54.8 Å². The minimum atomic E-state index is -1.85. The second kappa shape index (κ2) is 7.45. The predicted molar refractivity (Wildman–Crippen MR) is 83.6 cm³/mol. The van der Waals surface area contributed by atoms with Crippen LogP contribution in [-0.4, -0.2) is 97.5 Å². The fraction of sp³-hybridized carbons (Fsp3) is 0.688. The summed E-state index contributed by atoms with van der Waals surface area (Å²) in [6, 6.07) is 0. The minimum absolute atomic E-state index is 0.158. The van der Waals surface area contributed by atoms with E-state index in [1.165, 1.54) is 12.2 Å². The van der Waals surface area contributed by atoms with E-state index in [-0.39, 0.29) is 5.57 Å². The number of hydrogen-bond donors (Lipinski definition) is 7. The first-order chi connectivity index (χ1) is 12.7. The van der Waals surface area contributed by atoms with Gasteiger partial charge in [0.05, 0.1) is 31.0 Å². The largest absolute Gasteiger partial charge is 0.478 e. The van der Waals surface area contributed by atoms with Crippen molar-refractivity contribution >= 4 is 5.97 Å². The highest BCUT2D eigenvalue weighted by molar-refractivity contribution is 5.87. The Balaban J connectivity index is 1.84. The van der Waals surface area contributed by atoms with Gasteiger partial charge in [-0.3, -0.25) is 0 Å². The lowest BCUT2D eigenvalue weighted by atomic mass is 9.79. The summed E-state index contributed by atoms with van der Waals surface area (Å²) in [5, 5.41) is 68.4. The molecule has 0 aromatic carbocycles. The van der Waals surface area contributed by atoms with Gasteiger partial charge in [0.2, 0.25) is 6.29 Å². The summed E-state index contributed by atoms with van der Waals surface area (Å²) in [4.78, 5) is 11.4. The van der Waals surface area contributed by atoms with Gasteiger partial charge in [0, 0.05) is 5.92 Å². The lowest BCUT2D eigenvalue weighted by Gasteiger charge is -2.44. The first-order valence-electron chi connectivity index (χ1n) is 8.31. The van der Waals surface area contributed by atoms with E-state index >= 15 is 0 Å². The highest BCUT2D eigenvalue weighted by Crippen LogP contribution is 2.45. The molecule has 2 aliphatic heterocycles. The van der Waals surface area contributed by atoms with Gasteiger partial charge >= 0.3 is 5.97 Å². The summed E-state index contributed by atoms with van der Waals surface area (Å²) in [5.74, 6) is -3.20. The lowest BCUT2D eigenvalue weighted by Crippen LogP contribution is -2.61. The van der Waals surface area contributed by atoms with E-state index in [0.29, 0.717) is 0 Å². The third-order valence-corrected chi connectivity index (χ3v) is 5.15. The fourth-order valence-corrected chi connectivity index (χ4v) is 3.60. The Morgan fingerprint density at radius 1 is 1.15 bits per heavy atom. The van der Waals surface area contributed by atoms with Crippen LogP contribution in [0.3, 0.4) is 0 Å². The number of aliphatic hydroxyl groups is 6. The van der Waals surface area contributed by atoms with E-state index in [0.717, 1.165) is 6.26 Å². The quantitative estimate of drug-likeness (QED) is 0.233. The number of rotatable bonds is 5. The topological polar surface area (TPSA) is 186 Å². The molecule has 7 N–H and O–H groups in total. The van der Waals surface area contributed by atoms with Crippen LogP contribution in [0, 0.1) is 11.8 Å². The highest BCUT2D eigenvalue weighted by atomic mass is 16.8. The average Bonchev–Trinajstić information content (AvgIpc) is 3.01. The van der Waals surface area contributed by atoms with E-state index < -0.39 is 73.6 Å². The third kappa shape index (κ3) is 3.37. The zero-order valence-corrected chi connectivity index (χ0v) is 14.0. The maximum absolute atomic E-state index is 11.4. The van der Waals surface area contributed by atoms with Crippen molar-refractivity contribution in [3.63, 3.8) is 0 Å². The monoisotopic (exact) mass is 390 g/mol. The zero-order valence-electron chi connectivity index (χ0n) is 14.0. The molecule has 0 bridgehead atoms. The van der Waals surface area contributed by atoms with Crippen molar-refractivity contribution in [2.45, 2.75) is 42.6 Å². The lowest BCUT2D eigenvalue weighted by molar-refractivity contribution is -0.346. The van der Waals surface area contributed by atoms with Crippen molar-refractivity contribution in [1.82, 2.24) is 0 Å². The Bertz CT molecular complexity index is 632. The molecule has 1 saturated heterocycles. The summed E-state index contributed by atoms with van der Waals surface area (Å²) < 4.78 is 16.0. The second-order valence-electron chi connectivity index (χ2n) is 6.78.